The lowest BCUT2D eigenvalue weighted by molar-refractivity contribution is 0.0476. The Labute approximate surface area is 138 Å². The van der Waals surface area contributed by atoms with E-state index in [4.69, 9.17) is 10.5 Å². The first-order valence-electron chi connectivity index (χ1n) is 7.62. The monoisotopic (exact) mass is 320 g/mol. The topological polar surface area (TPSA) is 88.7 Å². The number of alkyl carbamates (subject to hydrolysis) is 1. The highest BCUT2D eigenvalue weighted by Crippen LogP contribution is 2.11. The number of guanidine groups is 1. The van der Waals surface area contributed by atoms with Gasteiger partial charge >= 0.3 is 6.09 Å². The number of carbonyl (C=O) groups is 1. The number of rotatable bonds is 4. The first kappa shape index (κ1) is 18.8. The fraction of sp³-hybridized carbons (Fsp3) is 0.529. The second-order valence-electron chi connectivity index (χ2n) is 7.21. The van der Waals surface area contributed by atoms with Crippen LogP contribution in [0.1, 0.15) is 40.2 Å². The Morgan fingerprint density at radius 3 is 2.48 bits per heavy atom. The quantitative estimate of drug-likeness (QED) is 0.587. The second kappa shape index (κ2) is 7.35. The van der Waals surface area contributed by atoms with Gasteiger partial charge in [0.25, 0.3) is 0 Å². The predicted octanol–water partition coefficient (Wildman–Crippen LogP) is 3.02. The Bertz CT molecular complexity index is 574. The molecule has 0 aliphatic heterocycles. The van der Waals surface area contributed by atoms with Crippen molar-refractivity contribution in [2.75, 3.05) is 11.9 Å². The van der Waals surface area contributed by atoms with E-state index in [1.807, 2.05) is 65.8 Å². The minimum Gasteiger partial charge on any atom is -0.444 e. The smallest absolute Gasteiger partial charge is 0.408 e. The van der Waals surface area contributed by atoms with Crippen molar-refractivity contribution in [2.45, 2.75) is 52.7 Å². The van der Waals surface area contributed by atoms with Gasteiger partial charge in [0.15, 0.2) is 5.96 Å². The van der Waals surface area contributed by atoms with E-state index in [-0.39, 0.29) is 0 Å². The molecule has 0 unspecified atom stereocenters. The average molecular weight is 320 g/mol. The summed E-state index contributed by atoms with van der Waals surface area (Å²) in [6.45, 7) is 11.5. The summed E-state index contributed by atoms with van der Waals surface area (Å²) in [5.41, 5.74) is 6.80. The van der Waals surface area contributed by atoms with Gasteiger partial charge in [-0.3, -0.25) is 4.99 Å². The normalized spacial score (nSPS) is 12.7. The van der Waals surface area contributed by atoms with Crippen LogP contribution in [-0.2, 0) is 4.74 Å². The maximum atomic E-state index is 11.8. The molecule has 6 nitrogen and oxygen atoms in total. The van der Waals surface area contributed by atoms with E-state index < -0.39 is 17.2 Å². The molecule has 1 aromatic carbocycles. The molecule has 0 aliphatic rings. The van der Waals surface area contributed by atoms with Gasteiger partial charge in [0.1, 0.15) is 5.60 Å². The van der Waals surface area contributed by atoms with E-state index in [1.165, 1.54) is 0 Å². The molecule has 1 aromatic rings. The average Bonchev–Trinajstić information content (AvgIpc) is 2.33. The number of ether oxygens (including phenoxy) is 1. The minimum absolute atomic E-state index is 0.301. The lowest BCUT2D eigenvalue weighted by atomic mass is 10.1. The van der Waals surface area contributed by atoms with Crippen molar-refractivity contribution in [1.82, 2.24) is 5.32 Å². The Morgan fingerprint density at radius 1 is 1.26 bits per heavy atom. The summed E-state index contributed by atoms with van der Waals surface area (Å²) in [6.07, 6.45) is -0.470. The number of anilines is 1. The molecule has 0 aliphatic carbocycles. The highest BCUT2D eigenvalue weighted by Gasteiger charge is 2.24. The number of hydrogen-bond acceptors (Lipinski definition) is 3. The third-order valence-electron chi connectivity index (χ3n) is 2.77. The maximum absolute atomic E-state index is 11.8. The zero-order valence-electron chi connectivity index (χ0n) is 14.9. The zero-order chi connectivity index (χ0) is 17.7. The van der Waals surface area contributed by atoms with Crippen molar-refractivity contribution in [2.24, 2.45) is 10.7 Å². The van der Waals surface area contributed by atoms with Gasteiger partial charge in [-0.15, -0.1) is 0 Å². The standard InChI is InChI=1S/C17H28N4O2/c1-12-8-7-9-13(10-12)20-14(18)19-11-17(5,6)21-15(22)23-16(2,3)4/h7-10H,11H2,1-6H3,(H,21,22)(H3,18,19,20). The summed E-state index contributed by atoms with van der Waals surface area (Å²) < 4.78 is 5.24. The van der Waals surface area contributed by atoms with Gasteiger partial charge in [-0.1, -0.05) is 12.1 Å². The number of aryl methyl sites for hydroxylation is 1. The van der Waals surface area contributed by atoms with Crippen LogP contribution in [0, 0.1) is 6.92 Å². The van der Waals surface area contributed by atoms with Crippen molar-refractivity contribution < 1.29 is 9.53 Å². The lowest BCUT2D eigenvalue weighted by Crippen LogP contribution is -2.48. The molecule has 0 saturated carbocycles. The molecule has 0 saturated heterocycles. The van der Waals surface area contributed by atoms with Gasteiger partial charge in [0.05, 0.1) is 12.1 Å². The van der Waals surface area contributed by atoms with Crippen LogP contribution in [0.5, 0.6) is 0 Å². The highest BCUT2D eigenvalue weighted by atomic mass is 16.6. The molecule has 0 spiro atoms. The molecule has 23 heavy (non-hydrogen) atoms. The molecular weight excluding hydrogens is 292 g/mol. The van der Waals surface area contributed by atoms with Gasteiger partial charge in [0.2, 0.25) is 0 Å². The molecule has 128 valence electrons. The molecule has 0 heterocycles. The van der Waals surface area contributed by atoms with Gasteiger partial charge in [-0.05, 0) is 59.2 Å². The zero-order valence-corrected chi connectivity index (χ0v) is 14.9. The van der Waals surface area contributed by atoms with Crippen LogP contribution in [0.25, 0.3) is 0 Å². The summed E-state index contributed by atoms with van der Waals surface area (Å²) in [5.74, 6) is 0.301. The molecule has 4 N–H and O–H groups in total. The van der Waals surface area contributed by atoms with E-state index in [0.29, 0.717) is 12.5 Å². The number of nitrogens with zero attached hydrogens (tertiary/aromatic N) is 1. The number of amides is 1. The van der Waals surface area contributed by atoms with Crippen LogP contribution >= 0.6 is 0 Å². The summed E-state index contributed by atoms with van der Waals surface area (Å²) in [5, 5.41) is 5.82. The fourth-order valence-electron chi connectivity index (χ4n) is 1.81. The third kappa shape index (κ3) is 8.09. The summed E-state index contributed by atoms with van der Waals surface area (Å²) in [4.78, 5) is 16.1. The van der Waals surface area contributed by atoms with E-state index in [1.54, 1.807) is 0 Å². The van der Waals surface area contributed by atoms with E-state index >= 15 is 0 Å². The Morgan fingerprint density at radius 2 is 1.91 bits per heavy atom. The third-order valence-corrected chi connectivity index (χ3v) is 2.77. The summed E-state index contributed by atoms with van der Waals surface area (Å²) >= 11 is 0. The lowest BCUT2D eigenvalue weighted by Gasteiger charge is -2.27. The number of carbonyl (C=O) groups excluding carboxylic acids is 1. The van der Waals surface area contributed by atoms with Crippen LogP contribution in [0.4, 0.5) is 10.5 Å². The van der Waals surface area contributed by atoms with Gasteiger partial charge < -0.3 is 21.1 Å². The molecule has 1 amide bonds. The van der Waals surface area contributed by atoms with E-state index in [9.17, 15) is 4.79 Å². The predicted molar refractivity (Wildman–Crippen MR) is 94.7 cm³/mol. The largest absolute Gasteiger partial charge is 0.444 e. The van der Waals surface area contributed by atoms with Crippen LogP contribution in [-0.4, -0.2) is 29.7 Å². The van der Waals surface area contributed by atoms with Gasteiger partial charge in [-0.25, -0.2) is 4.79 Å². The number of benzene rings is 1. The number of nitrogens with one attached hydrogen (secondary N) is 2. The summed E-state index contributed by atoms with van der Waals surface area (Å²) in [6, 6.07) is 7.84. The molecule has 0 fully saturated rings. The molecular formula is C17H28N4O2. The second-order valence-corrected chi connectivity index (χ2v) is 7.21. The van der Waals surface area contributed by atoms with Gasteiger partial charge in [0, 0.05) is 5.69 Å². The Kier molecular flexibility index (Phi) is 6.01. The Balaban J connectivity index is 2.57. The van der Waals surface area contributed by atoms with Crippen LogP contribution < -0.4 is 16.4 Å². The van der Waals surface area contributed by atoms with E-state index in [0.717, 1.165) is 11.3 Å². The first-order chi connectivity index (χ1) is 10.5. The minimum atomic E-state index is -0.568. The van der Waals surface area contributed by atoms with Crippen LogP contribution in [0.15, 0.2) is 29.3 Å². The van der Waals surface area contributed by atoms with Crippen LogP contribution in [0.2, 0.25) is 0 Å². The van der Waals surface area contributed by atoms with Crippen molar-refractivity contribution in [3.8, 4) is 0 Å². The van der Waals surface area contributed by atoms with Crippen molar-refractivity contribution in [3.63, 3.8) is 0 Å². The van der Waals surface area contributed by atoms with E-state index in [2.05, 4.69) is 15.6 Å². The molecule has 0 atom stereocenters. The molecule has 0 bridgehead atoms. The fourth-order valence-corrected chi connectivity index (χ4v) is 1.81. The maximum Gasteiger partial charge on any atom is 0.408 e. The van der Waals surface area contributed by atoms with Crippen molar-refractivity contribution in [3.05, 3.63) is 29.8 Å². The number of hydrogen-bond donors (Lipinski definition) is 3. The number of aliphatic imine (C=N–C) groups is 1. The first-order valence-corrected chi connectivity index (χ1v) is 7.62. The van der Waals surface area contributed by atoms with Gasteiger partial charge in [-0.2, -0.15) is 0 Å². The SMILES string of the molecule is Cc1cccc(NC(N)=NCC(C)(C)NC(=O)OC(C)(C)C)c1. The number of nitrogens with two attached hydrogens (primary N) is 1. The van der Waals surface area contributed by atoms with Crippen LogP contribution in [0.3, 0.4) is 0 Å². The molecule has 0 aromatic heterocycles. The molecule has 0 radical (unpaired) electrons. The highest BCUT2D eigenvalue weighted by molar-refractivity contribution is 5.92. The summed E-state index contributed by atoms with van der Waals surface area (Å²) in [7, 11) is 0. The molecule has 1 rings (SSSR count). The van der Waals surface area contributed by atoms with Crippen molar-refractivity contribution in [1.29, 1.82) is 0 Å². The Hall–Kier alpha value is -2.24. The molecule has 6 heteroatoms. The van der Waals surface area contributed by atoms with Crippen molar-refractivity contribution >= 4 is 17.7 Å².